The van der Waals surface area contributed by atoms with E-state index in [0.29, 0.717) is 17.5 Å². The fourth-order valence-corrected chi connectivity index (χ4v) is 9.08. The predicted octanol–water partition coefficient (Wildman–Crippen LogP) is 15.6. The van der Waals surface area contributed by atoms with E-state index in [2.05, 4.69) is 224 Å². The quantitative estimate of drug-likeness (QED) is 0.168. The second-order valence-electron chi connectivity index (χ2n) is 16.0. The normalized spacial score (nSPS) is 11.5. The van der Waals surface area contributed by atoms with Gasteiger partial charge in [0.05, 0.1) is 0 Å². The highest BCUT2D eigenvalue weighted by Crippen LogP contribution is 2.37. The molecule has 0 amide bonds. The van der Waals surface area contributed by atoms with Crippen molar-refractivity contribution in [3.8, 4) is 67.5 Å². The Labute approximate surface area is 359 Å². The molecule has 11 aromatic carbocycles. The summed E-state index contributed by atoms with van der Waals surface area (Å²) in [6.07, 6.45) is 0. The van der Waals surface area contributed by atoms with Crippen LogP contribution in [0.1, 0.15) is 0 Å². The molecule has 0 fully saturated rings. The van der Waals surface area contributed by atoms with Crippen molar-refractivity contribution in [2.24, 2.45) is 0 Å². The zero-order valence-corrected chi connectivity index (χ0v) is 33.7. The van der Waals surface area contributed by atoms with Gasteiger partial charge in [-0.2, -0.15) is 0 Å². The first-order valence-electron chi connectivity index (χ1n) is 21.1. The molecule has 0 saturated carbocycles. The first-order valence-corrected chi connectivity index (χ1v) is 21.1. The Kier molecular flexibility index (Phi) is 8.50. The molecule has 0 spiro atoms. The minimum atomic E-state index is 0.628. The number of nitrogens with zero attached hydrogens (tertiary/aromatic N) is 3. The van der Waals surface area contributed by atoms with Gasteiger partial charge < -0.3 is 0 Å². The summed E-state index contributed by atoms with van der Waals surface area (Å²) >= 11 is 0. The van der Waals surface area contributed by atoms with Crippen LogP contribution in [0.3, 0.4) is 0 Å². The lowest BCUT2D eigenvalue weighted by molar-refractivity contribution is 1.08. The van der Waals surface area contributed by atoms with Crippen LogP contribution in [0.5, 0.6) is 0 Å². The van der Waals surface area contributed by atoms with Crippen LogP contribution in [0.4, 0.5) is 0 Å². The maximum Gasteiger partial charge on any atom is 0.164 e. The minimum absolute atomic E-state index is 0.628. The highest BCUT2D eigenvalue weighted by Gasteiger charge is 2.17. The molecule has 0 radical (unpaired) electrons. The highest BCUT2D eigenvalue weighted by atomic mass is 15.0. The molecule has 3 heteroatoms. The van der Waals surface area contributed by atoms with Crippen LogP contribution in [0.25, 0.3) is 121 Å². The smallest absolute Gasteiger partial charge is 0.164 e. The van der Waals surface area contributed by atoms with Gasteiger partial charge in [-0.15, -0.1) is 0 Å². The summed E-state index contributed by atoms with van der Waals surface area (Å²) in [7, 11) is 0. The van der Waals surface area contributed by atoms with E-state index < -0.39 is 0 Å². The van der Waals surface area contributed by atoms with E-state index in [1.165, 1.54) is 49.4 Å². The van der Waals surface area contributed by atoms with E-state index >= 15 is 0 Å². The fourth-order valence-electron chi connectivity index (χ4n) is 9.08. The lowest BCUT2D eigenvalue weighted by atomic mass is 9.95. The van der Waals surface area contributed by atoms with Gasteiger partial charge >= 0.3 is 0 Å². The molecule has 0 N–H and O–H groups in total. The topological polar surface area (TPSA) is 38.7 Å². The van der Waals surface area contributed by atoms with Gasteiger partial charge in [0, 0.05) is 16.7 Å². The van der Waals surface area contributed by atoms with Gasteiger partial charge in [0.15, 0.2) is 17.5 Å². The molecule has 0 unspecified atom stereocenters. The minimum Gasteiger partial charge on any atom is -0.208 e. The van der Waals surface area contributed by atoms with Gasteiger partial charge in [0.1, 0.15) is 0 Å². The van der Waals surface area contributed by atoms with Crippen molar-refractivity contribution in [1.82, 2.24) is 15.0 Å². The molecule has 1 aromatic heterocycles. The highest BCUT2D eigenvalue weighted by molar-refractivity contribution is 6.02. The second kappa shape index (κ2) is 14.8. The third kappa shape index (κ3) is 6.36. The predicted molar refractivity (Wildman–Crippen MR) is 260 cm³/mol. The number of benzene rings is 11. The van der Waals surface area contributed by atoms with E-state index in [-0.39, 0.29) is 0 Å². The van der Waals surface area contributed by atoms with Gasteiger partial charge in [-0.25, -0.2) is 15.0 Å². The van der Waals surface area contributed by atoms with Crippen LogP contribution in [0.15, 0.2) is 224 Å². The third-order valence-electron chi connectivity index (χ3n) is 12.3. The van der Waals surface area contributed by atoms with E-state index in [1.807, 2.05) is 0 Å². The molecule has 0 aliphatic rings. The van der Waals surface area contributed by atoms with Crippen LogP contribution in [-0.2, 0) is 0 Å². The van der Waals surface area contributed by atoms with Crippen molar-refractivity contribution in [3.05, 3.63) is 224 Å². The molecule has 0 atom stereocenters. The van der Waals surface area contributed by atoms with Crippen LogP contribution in [0, 0.1) is 0 Å². The fraction of sp³-hybridized carbons (Fsp3) is 0. The first-order chi connectivity index (χ1) is 30.7. The molecule has 1 heterocycles. The van der Waals surface area contributed by atoms with Crippen LogP contribution in [0.2, 0.25) is 0 Å². The Bertz CT molecular complexity index is 3700. The Hall–Kier alpha value is -8.27. The van der Waals surface area contributed by atoms with E-state index in [4.69, 9.17) is 15.0 Å². The number of hydrogen-bond donors (Lipinski definition) is 0. The van der Waals surface area contributed by atoms with Crippen molar-refractivity contribution in [3.63, 3.8) is 0 Å². The molecule has 12 aromatic rings. The largest absolute Gasteiger partial charge is 0.208 e. The summed E-state index contributed by atoms with van der Waals surface area (Å²) in [4.78, 5) is 15.9. The lowest BCUT2D eigenvalue weighted by Crippen LogP contribution is -2.01. The standard InChI is InChI=1S/C59H37N3/c1-2-11-38(12-3-1)46-26-24-42-18-10-22-54(56(42)36-46)59-61-57(49-32-28-44-34-47(30-27-45(44)35-49)52-20-8-16-40-14-6-7-19-51(40)52)60-58(62-59)50-31-25-41-17-9-21-53(55(41)37-50)48-29-23-39-13-4-5-15-43(39)33-48/h1-37H. The van der Waals surface area contributed by atoms with E-state index in [0.717, 1.165) is 54.6 Å². The summed E-state index contributed by atoms with van der Waals surface area (Å²) in [6.45, 7) is 0. The zero-order chi connectivity index (χ0) is 41.0. The molecule has 62 heavy (non-hydrogen) atoms. The van der Waals surface area contributed by atoms with E-state index in [9.17, 15) is 0 Å². The molecule has 3 nitrogen and oxygen atoms in total. The van der Waals surface area contributed by atoms with Crippen molar-refractivity contribution in [1.29, 1.82) is 0 Å². The Morgan fingerprint density at radius 3 is 1.29 bits per heavy atom. The number of rotatable bonds is 6. The molecule has 0 saturated heterocycles. The van der Waals surface area contributed by atoms with Gasteiger partial charge in [-0.05, 0) is 118 Å². The van der Waals surface area contributed by atoms with Crippen molar-refractivity contribution in [2.75, 3.05) is 0 Å². The molecular formula is C59H37N3. The van der Waals surface area contributed by atoms with Crippen LogP contribution >= 0.6 is 0 Å². The number of aromatic nitrogens is 3. The maximum atomic E-state index is 5.31. The Balaban J connectivity index is 1.03. The molecule has 288 valence electrons. The Morgan fingerprint density at radius 1 is 0.194 bits per heavy atom. The molecule has 12 rings (SSSR count). The van der Waals surface area contributed by atoms with Crippen molar-refractivity contribution in [2.45, 2.75) is 0 Å². The SMILES string of the molecule is c1ccc(-c2ccc3cccc(-c4nc(-c5ccc6cc(-c7cccc8ccccc78)ccc6c5)nc(-c5ccc6cccc(-c7ccc8ccccc8c7)c6c5)n4)c3c2)cc1. The van der Waals surface area contributed by atoms with Gasteiger partial charge in [0.25, 0.3) is 0 Å². The molecule has 0 aliphatic carbocycles. The van der Waals surface area contributed by atoms with E-state index in [1.54, 1.807) is 0 Å². The number of fused-ring (bicyclic) bond motifs is 5. The van der Waals surface area contributed by atoms with Crippen molar-refractivity contribution < 1.29 is 0 Å². The summed E-state index contributed by atoms with van der Waals surface area (Å²) in [5.74, 6) is 1.89. The summed E-state index contributed by atoms with van der Waals surface area (Å²) in [5.41, 5.74) is 9.90. The Morgan fingerprint density at radius 2 is 0.597 bits per heavy atom. The summed E-state index contributed by atoms with van der Waals surface area (Å²) < 4.78 is 0. The third-order valence-corrected chi connectivity index (χ3v) is 12.3. The zero-order valence-electron chi connectivity index (χ0n) is 33.7. The van der Waals surface area contributed by atoms with Crippen LogP contribution < -0.4 is 0 Å². The van der Waals surface area contributed by atoms with Crippen molar-refractivity contribution >= 4 is 53.9 Å². The summed E-state index contributed by atoms with van der Waals surface area (Å²) in [5, 5.41) is 11.7. The molecular weight excluding hydrogens is 751 g/mol. The maximum absolute atomic E-state index is 5.31. The van der Waals surface area contributed by atoms with Gasteiger partial charge in [-0.3, -0.25) is 0 Å². The number of hydrogen-bond acceptors (Lipinski definition) is 3. The monoisotopic (exact) mass is 787 g/mol. The van der Waals surface area contributed by atoms with Gasteiger partial charge in [-0.1, -0.05) is 194 Å². The molecule has 0 aliphatic heterocycles. The van der Waals surface area contributed by atoms with Gasteiger partial charge in [0.2, 0.25) is 0 Å². The average Bonchev–Trinajstić information content (AvgIpc) is 3.35. The van der Waals surface area contributed by atoms with Crippen LogP contribution in [-0.4, -0.2) is 15.0 Å². The summed E-state index contributed by atoms with van der Waals surface area (Å²) in [6, 6.07) is 80.2. The second-order valence-corrected chi connectivity index (χ2v) is 16.0. The first kappa shape index (κ1) is 35.7. The molecule has 0 bridgehead atoms. The lowest BCUT2D eigenvalue weighted by Gasteiger charge is -2.13. The average molecular weight is 788 g/mol.